The summed E-state index contributed by atoms with van der Waals surface area (Å²) < 4.78 is 26.5. The number of Topliss-reactive ketones (excluding diaryl/α,β-unsaturated/α-hetero) is 1. The van der Waals surface area contributed by atoms with Crippen LogP contribution in [0.1, 0.15) is 17.3 Å². The van der Waals surface area contributed by atoms with Crippen LogP contribution in [0.3, 0.4) is 0 Å². The predicted molar refractivity (Wildman–Crippen MR) is 57.9 cm³/mol. The molecule has 0 unspecified atom stereocenters. The van der Waals surface area contributed by atoms with Crippen molar-refractivity contribution >= 4 is 17.4 Å². The van der Waals surface area contributed by atoms with E-state index in [9.17, 15) is 18.4 Å². The Hall–Kier alpha value is -2.04. The standard InChI is InChI=1S/C12H9F2NO2/c1-6(2)5-15-9-4-7(13)3-8(14)10(9)11(16)12(15)17/h3-4H,1,5H2,2H3. The normalized spacial score (nSPS) is 14.2. The molecule has 0 aromatic heterocycles. The minimum atomic E-state index is -1.01. The van der Waals surface area contributed by atoms with Gasteiger partial charge in [-0.15, -0.1) is 0 Å². The molecule has 88 valence electrons. The molecule has 1 aliphatic rings. The van der Waals surface area contributed by atoms with Crippen LogP contribution in [-0.2, 0) is 4.79 Å². The van der Waals surface area contributed by atoms with E-state index < -0.39 is 23.3 Å². The quantitative estimate of drug-likeness (QED) is 0.583. The molecule has 0 spiro atoms. The van der Waals surface area contributed by atoms with E-state index >= 15 is 0 Å². The molecular formula is C12H9F2NO2. The number of carbonyl (C=O) groups excluding carboxylic acids is 2. The second-order valence-electron chi connectivity index (χ2n) is 3.96. The minimum absolute atomic E-state index is 0.0273. The molecule has 0 atom stereocenters. The highest BCUT2D eigenvalue weighted by Gasteiger charge is 2.38. The molecule has 2 rings (SSSR count). The third-order valence-electron chi connectivity index (χ3n) is 2.42. The largest absolute Gasteiger partial charge is 0.300 e. The maximum absolute atomic E-state index is 13.4. The van der Waals surface area contributed by atoms with Crippen LogP contribution in [-0.4, -0.2) is 18.2 Å². The van der Waals surface area contributed by atoms with E-state index in [2.05, 4.69) is 6.58 Å². The van der Waals surface area contributed by atoms with Crippen molar-refractivity contribution in [1.29, 1.82) is 0 Å². The van der Waals surface area contributed by atoms with Crippen molar-refractivity contribution in [3.63, 3.8) is 0 Å². The highest BCUT2D eigenvalue weighted by Crippen LogP contribution is 2.32. The van der Waals surface area contributed by atoms with Gasteiger partial charge >= 0.3 is 0 Å². The average Bonchev–Trinajstić information content (AvgIpc) is 2.42. The third-order valence-corrected chi connectivity index (χ3v) is 2.42. The molecule has 5 heteroatoms. The van der Waals surface area contributed by atoms with Gasteiger partial charge in [-0.3, -0.25) is 9.59 Å². The maximum Gasteiger partial charge on any atom is 0.299 e. The highest BCUT2D eigenvalue weighted by atomic mass is 19.1. The minimum Gasteiger partial charge on any atom is -0.300 e. The van der Waals surface area contributed by atoms with Gasteiger partial charge in [-0.2, -0.15) is 0 Å². The molecule has 0 saturated heterocycles. The van der Waals surface area contributed by atoms with Crippen LogP contribution in [0.2, 0.25) is 0 Å². The second-order valence-corrected chi connectivity index (χ2v) is 3.96. The molecule has 1 aliphatic heterocycles. The summed E-state index contributed by atoms with van der Waals surface area (Å²) in [7, 11) is 0. The number of ketones is 1. The Labute approximate surface area is 96.3 Å². The van der Waals surface area contributed by atoms with Crippen molar-refractivity contribution < 1.29 is 18.4 Å². The zero-order valence-electron chi connectivity index (χ0n) is 9.09. The Kier molecular flexibility index (Phi) is 2.53. The first-order valence-corrected chi connectivity index (χ1v) is 4.91. The zero-order chi connectivity index (χ0) is 12.7. The summed E-state index contributed by atoms with van der Waals surface area (Å²) in [5, 5.41) is 0. The van der Waals surface area contributed by atoms with Crippen LogP contribution in [0.15, 0.2) is 24.3 Å². The van der Waals surface area contributed by atoms with Gasteiger partial charge in [0, 0.05) is 12.6 Å². The number of amides is 1. The number of hydrogen-bond donors (Lipinski definition) is 0. The van der Waals surface area contributed by atoms with E-state index in [1.807, 2.05) is 0 Å². The van der Waals surface area contributed by atoms with Crippen molar-refractivity contribution in [3.05, 3.63) is 41.5 Å². The van der Waals surface area contributed by atoms with Gasteiger partial charge < -0.3 is 4.90 Å². The number of anilines is 1. The third kappa shape index (κ3) is 1.73. The zero-order valence-corrected chi connectivity index (χ0v) is 9.09. The molecule has 1 aromatic carbocycles. The van der Waals surface area contributed by atoms with Crippen LogP contribution >= 0.6 is 0 Å². The van der Waals surface area contributed by atoms with E-state index in [0.717, 1.165) is 11.0 Å². The van der Waals surface area contributed by atoms with Crippen molar-refractivity contribution in [2.24, 2.45) is 0 Å². The first-order valence-electron chi connectivity index (χ1n) is 4.91. The van der Waals surface area contributed by atoms with Crippen molar-refractivity contribution in [3.8, 4) is 0 Å². The summed E-state index contributed by atoms with van der Waals surface area (Å²) in [6, 6.07) is 1.57. The number of nitrogens with zero attached hydrogens (tertiary/aromatic N) is 1. The average molecular weight is 237 g/mol. The monoisotopic (exact) mass is 237 g/mol. The molecule has 0 bridgehead atoms. The number of fused-ring (bicyclic) bond motifs is 1. The first-order chi connectivity index (χ1) is 7.91. The fourth-order valence-corrected chi connectivity index (χ4v) is 1.76. The van der Waals surface area contributed by atoms with Crippen LogP contribution < -0.4 is 4.90 Å². The van der Waals surface area contributed by atoms with Gasteiger partial charge in [0.05, 0.1) is 11.3 Å². The topological polar surface area (TPSA) is 37.4 Å². The number of carbonyl (C=O) groups is 2. The van der Waals surface area contributed by atoms with E-state index in [4.69, 9.17) is 0 Å². The molecule has 17 heavy (non-hydrogen) atoms. The van der Waals surface area contributed by atoms with Crippen LogP contribution in [0.5, 0.6) is 0 Å². The highest BCUT2D eigenvalue weighted by molar-refractivity contribution is 6.52. The van der Waals surface area contributed by atoms with Gasteiger partial charge in [0.2, 0.25) is 0 Å². The van der Waals surface area contributed by atoms with Gasteiger partial charge in [0.1, 0.15) is 11.6 Å². The molecule has 0 N–H and O–H groups in total. The SMILES string of the molecule is C=C(C)CN1C(=O)C(=O)c2c(F)cc(F)cc21. The van der Waals surface area contributed by atoms with Gasteiger partial charge in [0.15, 0.2) is 0 Å². The number of halogens is 2. The summed E-state index contributed by atoms with van der Waals surface area (Å²) in [6.45, 7) is 5.33. The van der Waals surface area contributed by atoms with E-state index in [-0.39, 0.29) is 17.8 Å². The Bertz CT molecular complexity index is 552. The van der Waals surface area contributed by atoms with Crippen molar-refractivity contribution in [2.75, 3.05) is 11.4 Å². The molecule has 0 radical (unpaired) electrons. The molecule has 0 aliphatic carbocycles. The Balaban J connectivity index is 2.59. The lowest BCUT2D eigenvalue weighted by atomic mass is 10.1. The summed E-state index contributed by atoms with van der Waals surface area (Å²) in [5.41, 5.74) is 0.224. The van der Waals surface area contributed by atoms with Crippen LogP contribution in [0.25, 0.3) is 0 Å². The second kappa shape index (κ2) is 3.76. The lowest BCUT2D eigenvalue weighted by molar-refractivity contribution is -0.114. The first kappa shape index (κ1) is 11.4. The summed E-state index contributed by atoms with van der Waals surface area (Å²) >= 11 is 0. The summed E-state index contributed by atoms with van der Waals surface area (Å²) in [5.74, 6) is -3.63. The maximum atomic E-state index is 13.4. The Morgan fingerprint density at radius 3 is 2.59 bits per heavy atom. The lowest BCUT2D eigenvalue weighted by Gasteiger charge is -2.16. The molecule has 1 aromatic rings. The van der Waals surface area contributed by atoms with Gasteiger partial charge in [-0.1, -0.05) is 12.2 Å². The Morgan fingerprint density at radius 1 is 1.35 bits per heavy atom. The Morgan fingerprint density at radius 2 is 2.00 bits per heavy atom. The molecule has 0 saturated carbocycles. The fraction of sp³-hybridized carbons (Fsp3) is 0.167. The van der Waals surface area contributed by atoms with Gasteiger partial charge in [-0.05, 0) is 13.0 Å². The van der Waals surface area contributed by atoms with E-state index in [1.54, 1.807) is 6.92 Å². The fourth-order valence-electron chi connectivity index (χ4n) is 1.76. The molecule has 3 nitrogen and oxygen atoms in total. The molecular weight excluding hydrogens is 228 g/mol. The van der Waals surface area contributed by atoms with Crippen molar-refractivity contribution in [2.45, 2.75) is 6.92 Å². The molecule has 1 heterocycles. The molecule has 1 amide bonds. The van der Waals surface area contributed by atoms with Crippen molar-refractivity contribution in [1.82, 2.24) is 0 Å². The number of benzene rings is 1. The molecule has 0 fully saturated rings. The van der Waals surface area contributed by atoms with Crippen LogP contribution in [0.4, 0.5) is 14.5 Å². The van der Waals surface area contributed by atoms with Crippen LogP contribution in [0, 0.1) is 11.6 Å². The predicted octanol–water partition coefficient (Wildman–Crippen LogP) is 2.07. The van der Waals surface area contributed by atoms with Gasteiger partial charge in [-0.25, -0.2) is 8.78 Å². The van der Waals surface area contributed by atoms with Gasteiger partial charge in [0.25, 0.3) is 11.7 Å². The smallest absolute Gasteiger partial charge is 0.299 e. The van der Waals surface area contributed by atoms with E-state index in [1.165, 1.54) is 0 Å². The van der Waals surface area contributed by atoms with E-state index in [0.29, 0.717) is 11.6 Å². The lowest BCUT2D eigenvalue weighted by Crippen LogP contribution is -2.31. The number of rotatable bonds is 2. The summed E-state index contributed by atoms with van der Waals surface area (Å²) in [4.78, 5) is 24.2. The summed E-state index contributed by atoms with van der Waals surface area (Å²) in [6.07, 6.45) is 0. The number of hydrogen-bond acceptors (Lipinski definition) is 2.